The van der Waals surface area contributed by atoms with Gasteiger partial charge in [0.2, 0.25) is 11.8 Å². The standard InChI is InChI=1S/C21H22ClFN4O2S/c1-4-27(5-2)16-9-6-14(7-10-16)20-25-26-21(29-20)30-13(3)19(28)24-18-11-8-15(23)12-17(18)22/h6-13H,4-5H2,1-3H3,(H,24,28)/t13-/m0/s1. The molecule has 3 rings (SSSR count). The van der Waals surface area contributed by atoms with E-state index >= 15 is 0 Å². The van der Waals surface area contributed by atoms with E-state index in [1.54, 1.807) is 6.92 Å². The number of nitrogens with zero attached hydrogens (tertiary/aromatic N) is 3. The predicted molar refractivity (Wildman–Crippen MR) is 119 cm³/mol. The third-order valence-electron chi connectivity index (χ3n) is 4.49. The summed E-state index contributed by atoms with van der Waals surface area (Å²) in [5.41, 5.74) is 2.28. The number of carbonyl (C=O) groups excluding carboxylic acids is 1. The van der Waals surface area contributed by atoms with Gasteiger partial charge in [-0.25, -0.2) is 4.39 Å². The lowest BCUT2D eigenvalue weighted by molar-refractivity contribution is -0.115. The normalized spacial score (nSPS) is 11.9. The van der Waals surface area contributed by atoms with Crippen molar-refractivity contribution in [2.75, 3.05) is 23.3 Å². The molecule has 0 aliphatic carbocycles. The molecule has 1 amide bonds. The van der Waals surface area contributed by atoms with E-state index in [0.717, 1.165) is 42.2 Å². The maximum Gasteiger partial charge on any atom is 0.277 e. The molecule has 30 heavy (non-hydrogen) atoms. The van der Waals surface area contributed by atoms with Gasteiger partial charge < -0.3 is 14.6 Å². The summed E-state index contributed by atoms with van der Waals surface area (Å²) in [6, 6.07) is 11.7. The van der Waals surface area contributed by atoms with Crippen molar-refractivity contribution in [1.82, 2.24) is 10.2 Å². The largest absolute Gasteiger partial charge is 0.411 e. The molecule has 0 saturated carbocycles. The van der Waals surface area contributed by atoms with Crippen LogP contribution in [-0.2, 0) is 4.79 Å². The van der Waals surface area contributed by atoms with Gasteiger partial charge in [0.1, 0.15) is 5.82 Å². The first-order valence-corrected chi connectivity index (χ1v) is 10.8. The van der Waals surface area contributed by atoms with Crippen LogP contribution in [0.15, 0.2) is 52.1 Å². The van der Waals surface area contributed by atoms with Gasteiger partial charge in [-0.1, -0.05) is 23.4 Å². The maximum atomic E-state index is 13.1. The lowest BCUT2D eigenvalue weighted by Gasteiger charge is -2.20. The van der Waals surface area contributed by atoms with E-state index in [9.17, 15) is 9.18 Å². The minimum atomic E-state index is -0.524. The van der Waals surface area contributed by atoms with Gasteiger partial charge in [-0.3, -0.25) is 4.79 Å². The van der Waals surface area contributed by atoms with Crippen molar-refractivity contribution < 1.29 is 13.6 Å². The average molecular weight is 449 g/mol. The molecule has 0 fully saturated rings. The van der Waals surface area contributed by atoms with Crippen molar-refractivity contribution >= 4 is 40.6 Å². The van der Waals surface area contributed by atoms with Crippen LogP contribution in [0, 0.1) is 5.82 Å². The quantitative estimate of drug-likeness (QED) is 0.459. The molecule has 0 bridgehead atoms. The van der Waals surface area contributed by atoms with Crippen molar-refractivity contribution in [2.45, 2.75) is 31.2 Å². The number of aromatic nitrogens is 2. The molecule has 0 unspecified atom stereocenters. The Labute approximate surface area is 183 Å². The van der Waals surface area contributed by atoms with Crippen LogP contribution in [0.4, 0.5) is 15.8 Å². The zero-order valence-corrected chi connectivity index (χ0v) is 18.4. The summed E-state index contributed by atoms with van der Waals surface area (Å²) in [6.07, 6.45) is 0. The summed E-state index contributed by atoms with van der Waals surface area (Å²) < 4.78 is 18.8. The van der Waals surface area contributed by atoms with Gasteiger partial charge >= 0.3 is 0 Å². The molecule has 1 heterocycles. The first kappa shape index (κ1) is 22.1. The minimum absolute atomic E-state index is 0.133. The van der Waals surface area contributed by atoms with E-state index in [0.29, 0.717) is 11.6 Å². The molecule has 9 heteroatoms. The van der Waals surface area contributed by atoms with Crippen LogP contribution in [0.3, 0.4) is 0 Å². The number of rotatable bonds is 8. The molecule has 3 aromatic rings. The van der Waals surface area contributed by atoms with Crippen LogP contribution >= 0.6 is 23.4 Å². The zero-order valence-electron chi connectivity index (χ0n) is 16.9. The second kappa shape index (κ2) is 9.95. The fraction of sp³-hybridized carbons (Fsp3) is 0.286. The number of thioether (sulfide) groups is 1. The number of hydrogen-bond acceptors (Lipinski definition) is 6. The Hall–Kier alpha value is -2.58. The maximum absolute atomic E-state index is 13.1. The molecule has 1 N–H and O–H groups in total. The first-order chi connectivity index (χ1) is 14.4. The number of benzene rings is 2. The van der Waals surface area contributed by atoms with Crippen LogP contribution in [0.1, 0.15) is 20.8 Å². The third-order valence-corrected chi connectivity index (χ3v) is 5.73. The van der Waals surface area contributed by atoms with E-state index in [-0.39, 0.29) is 16.2 Å². The van der Waals surface area contributed by atoms with Gasteiger partial charge in [0.05, 0.1) is 16.0 Å². The van der Waals surface area contributed by atoms with E-state index in [4.69, 9.17) is 16.0 Å². The molecular formula is C21H22ClFN4O2S. The zero-order chi connectivity index (χ0) is 21.7. The molecule has 0 spiro atoms. The molecule has 6 nitrogen and oxygen atoms in total. The highest BCUT2D eigenvalue weighted by Crippen LogP contribution is 2.29. The van der Waals surface area contributed by atoms with Crippen molar-refractivity contribution in [3.8, 4) is 11.5 Å². The number of amides is 1. The Kier molecular flexibility index (Phi) is 7.33. The average Bonchev–Trinajstić information content (AvgIpc) is 3.20. The molecule has 0 aliphatic rings. The highest BCUT2D eigenvalue weighted by Gasteiger charge is 2.20. The molecule has 1 atom stereocenters. The van der Waals surface area contributed by atoms with E-state index in [2.05, 4.69) is 34.3 Å². The highest BCUT2D eigenvalue weighted by molar-refractivity contribution is 8.00. The first-order valence-electron chi connectivity index (χ1n) is 9.52. The molecule has 0 saturated heterocycles. The molecule has 0 radical (unpaired) electrons. The summed E-state index contributed by atoms with van der Waals surface area (Å²) in [4.78, 5) is 14.7. The summed E-state index contributed by atoms with van der Waals surface area (Å²) in [6.45, 7) is 7.79. The third kappa shape index (κ3) is 5.31. The topological polar surface area (TPSA) is 71.3 Å². The summed E-state index contributed by atoms with van der Waals surface area (Å²) in [7, 11) is 0. The van der Waals surface area contributed by atoms with E-state index < -0.39 is 11.1 Å². The summed E-state index contributed by atoms with van der Waals surface area (Å²) in [5, 5.41) is 10.7. The monoisotopic (exact) mass is 448 g/mol. The fourth-order valence-corrected chi connectivity index (χ4v) is 3.71. The minimum Gasteiger partial charge on any atom is -0.411 e. The second-order valence-corrected chi connectivity index (χ2v) is 8.17. The van der Waals surface area contributed by atoms with Crippen LogP contribution < -0.4 is 10.2 Å². The van der Waals surface area contributed by atoms with Crippen LogP contribution in [-0.4, -0.2) is 34.4 Å². The van der Waals surface area contributed by atoms with Gasteiger partial charge in [-0.2, -0.15) is 0 Å². The Morgan fingerprint density at radius 1 is 1.20 bits per heavy atom. The van der Waals surface area contributed by atoms with E-state index in [1.807, 2.05) is 24.3 Å². The number of nitrogens with one attached hydrogen (secondary N) is 1. The Bertz CT molecular complexity index is 1010. The lowest BCUT2D eigenvalue weighted by atomic mass is 10.2. The molecule has 1 aromatic heterocycles. The van der Waals surface area contributed by atoms with Gasteiger partial charge in [0.15, 0.2) is 0 Å². The van der Waals surface area contributed by atoms with Crippen LogP contribution in [0.25, 0.3) is 11.5 Å². The van der Waals surface area contributed by atoms with Crippen molar-refractivity contribution in [2.24, 2.45) is 0 Å². The molecular weight excluding hydrogens is 427 g/mol. The molecule has 0 aliphatic heterocycles. The second-order valence-electron chi connectivity index (χ2n) is 6.47. The predicted octanol–water partition coefficient (Wildman–Crippen LogP) is 5.49. The van der Waals surface area contributed by atoms with Gasteiger partial charge in [0, 0.05) is 24.3 Å². The lowest BCUT2D eigenvalue weighted by Crippen LogP contribution is -2.22. The number of hydrogen-bond donors (Lipinski definition) is 1. The van der Waals surface area contributed by atoms with Gasteiger partial charge in [-0.15, -0.1) is 10.2 Å². The molecule has 2 aromatic carbocycles. The van der Waals surface area contributed by atoms with Gasteiger partial charge in [-0.05, 0) is 63.2 Å². The smallest absolute Gasteiger partial charge is 0.277 e. The van der Waals surface area contributed by atoms with Crippen molar-refractivity contribution in [1.29, 1.82) is 0 Å². The van der Waals surface area contributed by atoms with Crippen LogP contribution in [0.2, 0.25) is 5.02 Å². The number of halogens is 2. The number of carbonyl (C=O) groups is 1. The Balaban J connectivity index is 1.63. The molecule has 158 valence electrons. The fourth-order valence-electron chi connectivity index (χ4n) is 2.81. The number of anilines is 2. The SMILES string of the molecule is CCN(CC)c1ccc(-c2nnc(S[C@@H](C)C(=O)Nc3ccc(F)cc3Cl)o2)cc1. The van der Waals surface area contributed by atoms with Crippen molar-refractivity contribution in [3.63, 3.8) is 0 Å². The van der Waals surface area contributed by atoms with Crippen LogP contribution in [0.5, 0.6) is 0 Å². The summed E-state index contributed by atoms with van der Waals surface area (Å²) in [5.74, 6) is -0.390. The van der Waals surface area contributed by atoms with Crippen molar-refractivity contribution in [3.05, 3.63) is 53.3 Å². The van der Waals surface area contributed by atoms with Gasteiger partial charge in [0.25, 0.3) is 5.22 Å². The summed E-state index contributed by atoms with van der Waals surface area (Å²) >= 11 is 7.09. The Morgan fingerprint density at radius 2 is 1.90 bits per heavy atom. The highest BCUT2D eigenvalue weighted by atomic mass is 35.5. The Morgan fingerprint density at radius 3 is 2.53 bits per heavy atom. The van der Waals surface area contributed by atoms with E-state index in [1.165, 1.54) is 12.1 Å².